The van der Waals surface area contributed by atoms with Crippen molar-refractivity contribution >= 4 is 38.9 Å². The van der Waals surface area contributed by atoms with Crippen molar-refractivity contribution in [1.82, 2.24) is 24.1 Å². The van der Waals surface area contributed by atoms with Gasteiger partial charge in [-0.1, -0.05) is 6.07 Å². The molecule has 0 radical (unpaired) electrons. The topological polar surface area (TPSA) is 85.0 Å². The van der Waals surface area contributed by atoms with Gasteiger partial charge in [0.25, 0.3) is 5.56 Å². The van der Waals surface area contributed by atoms with Gasteiger partial charge in [0.15, 0.2) is 0 Å². The van der Waals surface area contributed by atoms with Crippen LogP contribution in [0, 0.1) is 0 Å². The second-order valence-corrected chi connectivity index (χ2v) is 9.09. The van der Waals surface area contributed by atoms with Crippen molar-refractivity contribution in [2.75, 3.05) is 38.2 Å². The number of methoxy groups -OCH3 is 1. The van der Waals surface area contributed by atoms with E-state index in [4.69, 9.17) is 4.74 Å². The second-order valence-electron chi connectivity index (χ2n) is 8.17. The fourth-order valence-electron chi connectivity index (χ4n) is 4.39. The number of aromatic nitrogens is 4. The first-order chi connectivity index (χ1) is 16.1. The molecule has 1 fully saturated rings. The maximum absolute atomic E-state index is 12.8. The minimum atomic E-state index is -0.0604. The smallest absolute Gasteiger partial charge is 0.272 e. The third-order valence-electron chi connectivity index (χ3n) is 6.24. The van der Waals surface area contributed by atoms with E-state index in [9.17, 15) is 9.59 Å². The normalized spacial score (nSPS) is 14.4. The van der Waals surface area contributed by atoms with Gasteiger partial charge >= 0.3 is 0 Å². The molecule has 4 heterocycles. The molecular formula is C23H26N6O3S. The summed E-state index contributed by atoms with van der Waals surface area (Å²) in [5.74, 6) is 2.31. The van der Waals surface area contributed by atoms with Crippen molar-refractivity contribution in [3.8, 4) is 5.75 Å². The van der Waals surface area contributed by atoms with E-state index in [-0.39, 0.29) is 11.5 Å². The van der Waals surface area contributed by atoms with Crippen LogP contribution in [0.3, 0.4) is 0 Å². The van der Waals surface area contributed by atoms with Crippen LogP contribution in [0.25, 0.3) is 16.0 Å². The molecule has 33 heavy (non-hydrogen) atoms. The first-order valence-corrected chi connectivity index (χ1v) is 11.9. The molecule has 0 N–H and O–H groups in total. The van der Waals surface area contributed by atoms with E-state index >= 15 is 0 Å². The molecular weight excluding hydrogens is 440 g/mol. The number of nitrogens with zero attached hydrogens (tertiary/aromatic N) is 6. The van der Waals surface area contributed by atoms with E-state index in [1.807, 2.05) is 38.9 Å². The van der Waals surface area contributed by atoms with Crippen LogP contribution in [0.4, 0.5) is 5.69 Å². The van der Waals surface area contributed by atoms with Crippen LogP contribution in [-0.2, 0) is 18.3 Å². The first-order valence-electron chi connectivity index (χ1n) is 11.0. The highest BCUT2D eigenvalue weighted by atomic mass is 32.1. The number of fused-ring (bicyclic) bond motifs is 3. The predicted octanol–water partition coefficient (Wildman–Crippen LogP) is 2.32. The zero-order valence-electron chi connectivity index (χ0n) is 18.7. The van der Waals surface area contributed by atoms with Gasteiger partial charge in [0.2, 0.25) is 11.7 Å². The van der Waals surface area contributed by atoms with E-state index in [0.29, 0.717) is 42.8 Å². The number of thiophene rings is 1. The lowest BCUT2D eigenvalue weighted by Gasteiger charge is -2.36. The highest BCUT2D eigenvalue weighted by molar-refractivity contribution is 7.17. The quantitative estimate of drug-likeness (QED) is 0.434. The Hall–Kier alpha value is -3.40. The number of amides is 1. The van der Waals surface area contributed by atoms with Crippen LogP contribution in [0.5, 0.6) is 5.75 Å². The summed E-state index contributed by atoms with van der Waals surface area (Å²) in [5, 5.41) is 10.4. The van der Waals surface area contributed by atoms with Gasteiger partial charge in [-0.2, -0.15) is 0 Å². The number of piperazine rings is 1. The molecule has 0 bridgehead atoms. The molecule has 10 heteroatoms. The molecule has 0 saturated carbocycles. The largest absolute Gasteiger partial charge is 0.497 e. The molecule has 5 rings (SSSR count). The molecule has 3 aromatic heterocycles. The number of hydrogen-bond donors (Lipinski definition) is 0. The average molecular weight is 467 g/mol. The summed E-state index contributed by atoms with van der Waals surface area (Å²) < 4.78 is 9.48. The number of carbonyl (C=O) groups excluding carboxylic acids is 1. The van der Waals surface area contributed by atoms with Crippen LogP contribution in [0.2, 0.25) is 0 Å². The van der Waals surface area contributed by atoms with Crippen molar-refractivity contribution in [2.24, 2.45) is 7.05 Å². The van der Waals surface area contributed by atoms with Crippen molar-refractivity contribution in [3.63, 3.8) is 0 Å². The van der Waals surface area contributed by atoms with Crippen LogP contribution in [0.15, 0.2) is 40.5 Å². The number of anilines is 1. The Morgan fingerprint density at radius 1 is 1.15 bits per heavy atom. The van der Waals surface area contributed by atoms with E-state index in [1.165, 1.54) is 15.9 Å². The van der Waals surface area contributed by atoms with Gasteiger partial charge in [-0.25, -0.2) is 0 Å². The van der Waals surface area contributed by atoms with Crippen molar-refractivity contribution < 1.29 is 9.53 Å². The third kappa shape index (κ3) is 3.95. The maximum Gasteiger partial charge on any atom is 0.272 e. The molecule has 0 spiro atoms. The Bertz CT molecular complexity index is 1370. The Labute approximate surface area is 194 Å². The van der Waals surface area contributed by atoms with E-state index in [0.717, 1.165) is 35.9 Å². The second kappa shape index (κ2) is 8.86. The summed E-state index contributed by atoms with van der Waals surface area (Å²) in [6.07, 6.45) is 1.77. The van der Waals surface area contributed by atoms with Crippen LogP contribution < -0.4 is 15.2 Å². The van der Waals surface area contributed by atoms with Crippen LogP contribution in [-0.4, -0.2) is 63.3 Å². The molecule has 1 aliphatic rings. The van der Waals surface area contributed by atoms with E-state index < -0.39 is 0 Å². The predicted molar refractivity (Wildman–Crippen MR) is 128 cm³/mol. The molecule has 4 aromatic rings. The lowest BCUT2D eigenvalue weighted by atomic mass is 10.2. The minimum Gasteiger partial charge on any atom is -0.497 e. The van der Waals surface area contributed by atoms with Gasteiger partial charge < -0.3 is 14.5 Å². The molecule has 172 valence electrons. The standard InChI is InChI=1S/C23H26N6O3S/c1-26-22(31)21-18(9-14-33-21)29-19(24-25-23(26)29)7-4-8-20(30)28-12-10-27(11-13-28)16-5-3-6-17(15-16)32-2/h3,5-6,9,14-15H,4,7-8,10-13H2,1-2H3. The Balaban J connectivity index is 1.20. The Morgan fingerprint density at radius 2 is 1.97 bits per heavy atom. The number of aryl methyl sites for hydroxylation is 2. The van der Waals surface area contributed by atoms with Crippen molar-refractivity contribution in [2.45, 2.75) is 19.3 Å². The van der Waals surface area contributed by atoms with E-state index in [2.05, 4.69) is 21.2 Å². The van der Waals surface area contributed by atoms with Gasteiger partial charge in [0.1, 0.15) is 16.3 Å². The highest BCUT2D eigenvalue weighted by Gasteiger charge is 2.22. The van der Waals surface area contributed by atoms with Gasteiger partial charge in [-0.15, -0.1) is 21.5 Å². The monoisotopic (exact) mass is 466 g/mol. The lowest BCUT2D eigenvalue weighted by Crippen LogP contribution is -2.48. The van der Waals surface area contributed by atoms with Crippen molar-refractivity contribution in [1.29, 1.82) is 0 Å². The molecule has 0 unspecified atom stereocenters. The first kappa shape index (κ1) is 21.4. The van der Waals surface area contributed by atoms with Gasteiger partial charge in [0.05, 0.1) is 12.6 Å². The summed E-state index contributed by atoms with van der Waals surface area (Å²) >= 11 is 1.42. The van der Waals surface area contributed by atoms with Crippen molar-refractivity contribution in [3.05, 3.63) is 51.9 Å². The number of benzene rings is 1. The number of hydrogen-bond acceptors (Lipinski definition) is 7. The molecule has 0 atom stereocenters. The fourth-order valence-corrected chi connectivity index (χ4v) is 5.24. The Kier molecular flexibility index (Phi) is 5.76. The maximum atomic E-state index is 12.8. The summed E-state index contributed by atoms with van der Waals surface area (Å²) in [4.78, 5) is 29.5. The molecule has 1 aromatic carbocycles. The number of carbonyl (C=O) groups is 1. The molecule has 9 nitrogen and oxygen atoms in total. The number of ether oxygens (including phenoxy) is 1. The number of rotatable bonds is 6. The average Bonchev–Trinajstić information content (AvgIpc) is 3.50. The summed E-state index contributed by atoms with van der Waals surface area (Å²) in [6.45, 7) is 3.03. The zero-order valence-corrected chi connectivity index (χ0v) is 19.5. The fraction of sp³-hybridized carbons (Fsp3) is 0.391. The molecule has 1 saturated heterocycles. The SMILES string of the molecule is COc1cccc(N2CCN(C(=O)CCCc3nnc4n(C)c(=O)c5sccc5n34)CC2)c1. The van der Waals surface area contributed by atoms with Gasteiger partial charge in [0, 0.05) is 57.8 Å². The minimum absolute atomic E-state index is 0.0604. The van der Waals surface area contributed by atoms with E-state index in [1.54, 1.807) is 14.2 Å². The Morgan fingerprint density at radius 3 is 2.76 bits per heavy atom. The third-order valence-corrected chi connectivity index (χ3v) is 7.13. The zero-order chi connectivity index (χ0) is 22.9. The molecule has 1 amide bonds. The summed E-state index contributed by atoms with van der Waals surface area (Å²) in [6, 6.07) is 9.95. The highest BCUT2D eigenvalue weighted by Crippen LogP contribution is 2.23. The van der Waals surface area contributed by atoms with Crippen LogP contribution >= 0.6 is 11.3 Å². The lowest BCUT2D eigenvalue weighted by molar-refractivity contribution is -0.131. The molecule has 1 aliphatic heterocycles. The summed E-state index contributed by atoms with van der Waals surface area (Å²) in [7, 11) is 3.38. The summed E-state index contributed by atoms with van der Waals surface area (Å²) in [5.41, 5.74) is 1.89. The van der Waals surface area contributed by atoms with Gasteiger partial charge in [-0.05, 0) is 30.0 Å². The van der Waals surface area contributed by atoms with Crippen LogP contribution in [0.1, 0.15) is 18.7 Å². The molecule has 0 aliphatic carbocycles. The van der Waals surface area contributed by atoms with Gasteiger partial charge in [-0.3, -0.25) is 18.6 Å².